The molecule has 0 spiro atoms. The Morgan fingerprint density at radius 1 is 1.42 bits per heavy atom. The fourth-order valence-electron chi connectivity index (χ4n) is 1.66. The summed E-state index contributed by atoms with van der Waals surface area (Å²) in [6.07, 6.45) is 3.76. The van der Waals surface area contributed by atoms with Crippen LogP contribution in [-0.2, 0) is 9.63 Å². The summed E-state index contributed by atoms with van der Waals surface area (Å²) in [5, 5.41) is 1.65. The number of nitrogens with zero attached hydrogens (tertiary/aromatic N) is 2. The van der Waals surface area contributed by atoms with Crippen molar-refractivity contribution in [2.24, 2.45) is 5.41 Å². The molecule has 2 N–H and O–H groups in total. The maximum absolute atomic E-state index is 11.8. The SMILES string of the molecule is CC(C)(C)C(=O)ON1CC=C(c2ccc(N)nc2)C1. The number of rotatable bonds is 2. The van der Waals surface area contributed by atoms with Crippen molar-refractivity contribution in [2.75, 3.05) is 18.8 Å². The number of hydrogen-bond acceptors (Lipinski definition) is 5. The quantitative estimate of drug-likeness (QED) is 0.880. The molecule has 19 heavy (non-hydrogen) atoms. The highest BCUT2D eigenvalue weighted by Crippen LogP contribution is 2.23. The molecule has 1 aromatic heterocycles. The van der Waals surface area contributed by atoms with Crippen molar-refractivity contribution in [3.8, 4) is 0 Å². The number of nitrogens with two attached hydrogens (primary N) is 1. The van der Waals surface area contributed by atoms with Crippen LogP contribution in [0.5, 0.6) is 0 Å². The fraction of sp³-hybridized carbons (Fsp3) is 0.429. The molecule has 0 bridgehead atoms. The lowest BCUT2D eigenvalue weighted by Gasteiger charge is -2.21. The van der Waals surface area contributed by atoms with Crippen molar-refractivity contribution < 1.29 is 9.63 Å². The maximum atomic E-state index is 11.8. The molecule has 1 aromatic rings. The van der Waals surface area contributed by atoms with Gasteiger partial charge in [-0.15, -0.1) is 5.06 Å². The Labute approximate surface area is 113 Å². The number of carbonyl (C=O) groups excluding carboxylic acids is 1. The molecule has 0 radical (unpaired) electrons. The van der Waals surface area contributed by atoms with Gasteiger partial charge in [0, 0.05) is 6.20 Å². The number of nitrogen functional groups attached to an aromatic ring is 1. The van der Waals surface area contributed by atoms with Crippen LogP contribution in [0.1, 0.15) is 26.3 Å². The predicted octanol–water partition coefficient (Wildman–Crippen LogP) is 1.87. The van der Waals surface area contributed by atoms with Gasteiger partial charge in [-0.3, -0.25) is 0 Å². The summed E-state index contributed by atoms with van der Waals surface area (Å²) < 4.78 is 0. The smallest absolute Gasteiger partial charge is 0.330 e. The van der Waals surface area contributed by atoms with E-state index in [0.717, 1.165) is 11.1 Å². The molecule has 0 saturated carbocycles. The minimum atomic E-state index is -0.495. The van der Waals surface area contributed by atoms with Crippen molar-refractivity contribution in [1.82, 2.24) is 10.0 Å². The Morgan fingerprint density at radius 2 is 2.16 bits per heavy atom. The Balaban J connectivity index is 1.96. The molecule has 5 nitrogen and oxygen atoms in total. The highest BCUT2D eigenvalue weighted by molar-refractivity contribution is 5.75. The van der Waals surface area contributed by atoms with Crippen LogP contribution in [0.15, 0.2) is 24.4 Å². The second-order valence-electron chi connectivity index (χ2n) is 5.65. The van der Waals surface area contributed by atoms with Gasteiger partial charge in [0.2, 0.25) is 0 Å². The molecule has 5 heteroatoms. The average Bonchev–Trinajstić information content (AvgIpc) is 2.77. The van der Waals surface area contributed by atoms with Crippen molar-refractivity contribution in [3.63, 3.8) is 0 Å². The van der Waals surface area contributed by atoms with E-state index in [2.05, 4.69) is 4.98 Å². The zero-order valence-corrected chi connectivity index (χ0v) is 11.5. The van der Waals surface area contributed by atoms with Crippen molar-refractivity contribution >= 4 is 17.4 Å². The molecular formula is C14H19N3O2. The number of hydrogen-bond donors (Lipinski definition) is 1. The molecule has 0 unspecified atom stereocenters. The number of hydroxylamine groups is 2. The molecule has 1 aliphatic heterocycles. The largest absolute Gasteiger partial charge is 0.384 e. The minimum absolute atomic E-state index is 0.224. The molecule has 102 valence electrons. The normalized spacial score (nSPS) is 16.3. The van der Waals surface area contributed by atoms with Crippen molar-refractivity contribution in [1.29, 1.82) is 0 Å². The van der Waals surface area contributed by atoms with E-state index in [-0.39, 0.29) is 5.97 Å². The van der Waals surface area contributed by atoms with Gasteiger partial charge in [0.15, 0.2) is 0 Å². The lowest BCUT2D eigenvalue weighted by Crippen LogP contribution is -2.32. The molecule has 0 fully saturated rings. The van der Waals surface area contributed by atoms with Gasteiger partial charge in [-0.1, -0.05) is 6.08 Å². The van der Waals surface area contributed by atoms with Crippen LogP contribution in [0.2, 0.25) is 0 Å². The first-order valence-electron chi connectivity index (χ1n) is 6.24. The summed E-state index contributed by atoms with van der Waals surface area (Å²) in [5.41, 5.74) is 7.16. The van der Waals surface area contributed by atoms with Gasteiger partial charge in [-0.2, -0.15) is 0 Å². The van der Waals surface area contributed by atoms with Gasteiger partial charge >= 0.3 is 5.97 Å². The topological polar surface area (TPSA) is 68.5 Å². The minimum Gasteiger partial charge on any atom is -0.384 e. The fourth-order valence-corrected chi connectivity index (χ4v) is 1.66. The van der Waals surface area contributed by atoms with Crippen LogP contribution < -0.4 is 5.73 Å². The van der Waals surface area contributed by atoms with Crippen molar-refractivity contribution in [3.05, 3.63) is 30.0 Å². The first kappa shape index (κ1) is 13.5. The van der Waals surface area contributed by atoms with Gasteiger partial charge in [0.1, 0.15) is 5.82 Å². The molecular weight excluding hydrogens is 242 g/mol. The molecule has 0 aromatic carbocycles. The highest BCUT2D eigenvalue weighted by atomic mass is 16.7. The summed E-state index contributed by atoms with van der Waals surface area (Å²) in [5.74, 6) is 0.274. The van der Waals surface area contributed by atoms with E-state index in [4.69, 9.17) is 10.6 Å². The molecule has 2 heterocycles. The van der Waals surface area contributed by atoms with Crippen LogP contribution >= 0.6 is 0 Å². The lowest BCUT2D eigenvalue weighted by atomic mass is 9.98. The van der Waals surface area contributed by atoms with Gasteiger partial charge < -0.3 is 10.6 Å². The first-order valence-corrected chi connectivity index (χ1v) is 6.24. The van der Waals surface area contributed by atoms with E-state index in [1.54, 1.807) is 17.3 Å². The third kappa shape index (κ3) is 3.32. The Morgan fingerprint density at radius 3 is 2.74 bits per heavy atom. The molecule has 0 saturated heterocycles. The van der Waals surface area contributed by atoms with E-state index in [9.17, 15) is 4.79 Å². The first-order chi connectivity index (χ1) is 8.86. The number of aromatic nitrogens is 1. The number of pyridine rings is 1. The summed E-state index contributed by atoms with van der Waals surface area (Å²) in [7, 11) is 0. The van der Waals surface area contributed by atoms with Crippen LogP contribution in [0.3, 0.4) is 0 Å². The molecule has 1 aliphatic rings. The summed E-state index contributed by atoms with van der Waals surface area (Å²) in [6.45, 7) is 6.69. The number of carbonyl (C=O) groups is 1. The molecule has 0 aliphatic carbocycles. The highest BCUT2D eigenvalue weighted by Gasteiger charge is 2.27. The van der Waals surface area contributed by atoms with Gasteiger partial charge in [0.05, 0.1) is 18.5 Å². The van der Waals surface area contributed by atoms with E-state index < -0.39 is 5.41 Å². The second kappa shape index (κ2) is 5.01. The zero-order chi connectivity index (χ0) is 14.0. The second-order valence-corrected chi connectivity index (χ2v) is 5.65. The lowest BCUT2D eigenvalue weighted by molar-refractivity contribution is -0.193. The van der Waals surface area contributed by atoms with E-state index >= 15 is 0 Å². The Hall–Kier alpha value is -1.88. The van der Waals surface area contributed by atoms with Gasteiger partial charge in [-0.25, -0.2) is 9.78 Å². The average molecular weight is 261 g/mol. The Bertz CT molecular complexity index is 500. The standard InChI is InChI=1S/C14H19N3O2/c1-14(2,3)13(18)19-17-7-6-11(9-17)10-4-5-12(15)16-8-10/h4-6,8H,7,9H2,1-3H3,(H2,15,16). The predicted molar refractivity (Wildman–Crippen MR) is 73.7 cm³/mol. The van der Waals surface area contributed by atoms with E-state index in [1.807, 2.05) is 32.9 Å². The number of anilines is 1. The third-order valence-corrected chi connectivity index (χ3v) is 2.87. The van der Waals surface area contributed by atoms with Crippen LogP contribution in [0, 0.1) is 5.41 Å². The monoisotopic (exact) mass is 261 g/mol. The summed E-state index contributed by atoms with van der Waals surface area (Å²) >= 11 is 0. The van der Waals surface area contributed by atoms with Crippen LogP contribution in [-0.4, -0.2) is 29.1 Å². The van der Waals surface area contributed by atoms with E-state index in [0.29, 0.717) is 18.9 Å². The zero-order valence-electron chi connectivity index (χ0n) is 11.5. The molecule has 2 rings (SSSR count). The molecule has 0 amide bonds. The van der Waals surface area contributed by atoms with E-state index in [1.165, 1.54) is 0 Å². The maximum Gasteiger partial charge on any atom is 0.330 e. The summed E-state index contributed by atoms with van der Waals surface area (Å²) in [4.78, 5) is 21.2. The Kier molecular flexibility index (Phi) is 3.57. The van der Waals surface area contributed by atoms with Gasteiger partial charge in [-0.05, 0) is 44.0 Å². The van der Waals surface area contributed by atoms with Gasteiger partial charge in [0.25, 0.3) is 0 Å². The van der Waals surface area contributed by atoms with Crippen LogP contribution in [0.4, 0.5) is 5.82 Å². The molecule has 0 atom stereocenters. The third-order valence-electron chi connectivity index (χ3n) is 2.87. The van der Waals surface area contributed by atoms with Crippen molar-refractivity contribution in [2.45, 2.75) is 20.8 Å². The van der Waals surface area contributed by atoms with Crippen LogP contribution in [0.25, 0.3) is 5.57 Å². The summed E-state index contributed by atoms with van der Waals surface area (Å²) in [6, 6.07) is 3.68.